The molecule has 1 fully saturated rings. The third-order valence-corrected chi connectivity index (χ3v) is 5.29. The molecule has 1 aliphatic rings. The summed E-state index contributed by atoms with van der Waals surface area (Å²) in [4.78, 5) is 25.2. The van der Waals surface area contributed by atoms with Gasteiger partial charge in [-0.15, -0.1) is 0 Å². The Morgan fingerprint density at radius 1 is 0.935 bits per heavy atom. The molecule has 1 saturated heterocycles. The highest BCUT2D eigenvalue weighted by Gasteiger charge is 2.37. The van der Waals surface area contributed by atoms with Crippen LogP contribution >= 0.6 is 0 Å². The second-order valence-electron chi connectivity index (χ2n) is 7.28. The van der Waals surface area contributed by atoms with Crippen molar-refractivity contribution in [2.24, 2.45) is 5.92 Å². The largest absolute Gasteiger partial charge is 0.497 e. The molecule has 0 aromatic heterocycles. The Bertz CT molecular complexity index is 1090. The molecule has 0 aliphatic carbocycles. The average Bonchev–Trinajstić information content (AvgIpc) is 2.79. The minimum atomic E-state index is -0.678. The van der Waals surface area contributed by atoms with Gasteiger partial charge >= 0.3 is 6.03 Å². The van der Waals surface area contributed by atoms with Crippen LogP contribution in [0.5, 0.6) is 5.75 Å². The smallest absolute Gasteiger partial charge is 0.319 e. The lowest BCUT2D eigenvalue weighted by atomic mass is 9.87. The Labute approximate surface area is 180 Å². The molecule has 0 unspecified atom stereocenters. The van der Waals surface area contributed by atoms with E-state index in [4.69, 9.17) is 4.74 Å². The quantitative estimate of drug-likeness (QED) is 0.577. The Balaban J connectivity index is 1.58. The number of benzene rings is 3. The second kappa shape index (κ2) is 8.75. The Morgan fingerprint density at radius 3 is 2.23 bits per heavy atom. The summed E-state index contributed by atoms with van der Waals surface area (Å²) in [6.07, 6.45) is 0. The maximum absolute atomic E-state index is 13.1. The molecule has 0 radical (unpaired) electrons. The predicted molar refractivity (Wildman–Crippen MR) is 121 cm³/mol. The minimum absolute atomic E-state index is 0.264. The van der Waals surface area contributed by atoms with E-state index < -0.39 is 12.0 Å². The van der Waals surface area contributed by atoms with Gasteiger partial charge in [-0.05, 0) is 41.0 Å². The van der Waals surface area contributed by atoms with Crippen molar-refractivity contribution in [3.05, 3.63) is 96.7 Å². The van der Waals surface area contributed by atoms with Crippen LogP contribution in [-0.2, 0) is 4.79 Å². The lowest BCUT2D eigenvalue weighted by Gasteiger charge is -2.34. The van der Waals surface area contributed by atoms with E-state index in [1.54, 1.807) is 31.4 Å². The standard InChI is InChI=1S/C25H23N3O3/c1-16-22(24(29)27-20-12-14-21(31-2)15-13-20)23(28-25(30)26-16)19-10-8-18(9-11-19)17-6-4-3-5-7-17/h3-15,22-23H,1H2,2H3,(H,27,29)(H2,26,28,30)/t22-,23-/m1/s1. The highest BCUT2D eigenvalue weighted by molar-refractivity contribution is 5.97. The van der Waals surface area contributed by atoms with E-state index in [2.05, 4.69) is 22.5 Å². The van der Waals surface area contributed by atoms with Crippen molar-refractivity contribution >= 4 is 17.6 Å². The molecule has 0 saturated carbocycles. The summed E-state index contributed by atoms with van der Waals surface area (Å²) in [5, 5.41) is 8.39. The van der Waals surface area contributed by atoms with Crippen LogP contribution < -0.4 is 20.7 Å². The number of methoxy groups -OCH3 is 1. The number of hydrogen-bond donors (Lipinski definition) is 3. The van der Waals surface area contributed by atoms with Crippen molar-refractivity contribution in [3.8, 4) is 16.9 Å². The van der Waals surface area contributed by atoms with Crippen LogP contribution in [0.4, 0.5) is 10.5 Å². The third kappa shape index (κ3) is 4.43. The molecule has 31 heavy (non-hydrogen) atoms. The predicted octanol–water partition coefficient (Wildman–Crippen LogP) is 4.48. The fraction of sp³-hybridized carbons (Fsp3) is 0.120. The third-order valence-electron chi connectivity index (χ3n) is 5.29. The fourth-order valence-electron chi connectivity index (χ4n) is 3.68. The summed E-state index contributed by atoms with van der Waals surface area (Å²) >= 11 is 0. The first kappa shape index (κ1) is 20.2. The first-order valence-corrected chi connectivity index (χ1v) is 9.92. The molecule has 3 aromatic rings. The van der Waals surface area contributed by atoms with E-state index in [9.17, 15) is 9.59 Å². The average molecular weight is 413 g/mol. The van der Waals surface area contributed by atoms with Crippen molar-refractivity contribution in [2.75, 3.05) is 12.4 Å². The van der Waals surface area contributed by atoms with Crippen LogP contribution in [0.15, 0.2) is 91.1 Å². The summed E-state index contributed by atoms with van der Waals surface area (Å²) in [6.45, 7) is 3.92. The monoisotopic (exact) mass is 413 g/mol. The summed E-state index contributed by atoms with van der Waals surface area (Å²) in [6, 6.07) is 24.0. The van der Waals surface area contributed by atoms with E-state index in [-0.39, 0.29) is 11.9 Å². The number of urea groups is 1. The van der Waals surface area contributed by atoms with Gasteiger partial charge in [0.25, 0.3) is 0 Å². The van der Waals surface area contributed by atoms with Gasteiger partial charge in [0.2, 0.25) is 5.91 Å². The second-order valence-corrected chi connectivity index (χ2v) is 7.28. The summed E-state index contributed by atoms with van der Waals surface area (Å²) in [5.74, 6) is -0.243. The molecule has 3 N–H and O–H groups in total. The highest BCUT2D eigenvalue weighted by Crippen LogP contribution is 2.32. The SMILES string of the molecule is C=C1NC(=O)N[C@H](c2ccc(-c3ccccc3)cc2)[C@@H]1C(=O)Nc1ccc(OC)cc1. The van der Waals surface area contributed by atoms with E-state index in [0.29, 0.717) is 17.1 Å². The molecule has 6 nitrogen and oxygen atoms in total. The van der Waals surface area contributed by atoms with Gasteiger partial charge in [0.05, 0.1) is 13.2 Å². The van der Waals surface area contributed by atoms with Gasteiger partial charge in [0, 0.05) is 11.4 Å². The van der Waals surface area contributed by atoms with E-state index in [0.717, 1.165) is 16.7 Å². The molecule has 3 aromatic carbocycles. The Kier molecular flexibility index (Phi) is 5.71. The van der Waals surface area contributed by atoms with Crippen LogP contribution in [0.1, 0.15) is 11.6 Å². The zero-order valence-corrected chi connectivity index (χ0v) is 17.1. The van der Waals surface area contributed by atoms with Crippen molar-refractivity contribution in [1.29, 1.82) is 0 Å². The summed E-state index contributed by atoms with van der Waals surface area (Å²) in [7, 11) is 1.58. The van der Waals surface area contributed by atoms with Crippen LogP contribution in [0.3, 0.4) is 0 Å². The number of ether oxygens (including phenoxy) is 1. The van der Waals surface area contributed by atoms with Crippen molar-refractivity contribution in [2.45, 2.75) is 6.04 Å². The van der Waals surface area contributed by atoms with Gasteiger partial charge in [-0.1, -0.05) is 61.2 Å². The molecule has 2 atom stereocenters. The summed E-state index contributed by atoms with van der Waals surface area (Å²) < 4.78 is 5.15. The van der Waals surface area contributed by atoms with Crippen LogP contribution in [0.2, 0.25) is 0 Å². The number of rotatable bonds is 5. The van der Waals surface area contributed by atoms with Crippen molar-refractivity contribution in [1.82, 2.24) is 10.6 Å². The lowest BCUT2D eigenvalue weighted by Crippen LogP contribution is -2.51. The molecule has 1 aliphatic heterocycles. The number of hydrogen-bond acceptors (Lipinski definition) is 3. The Morgan fingerprint density at radius 2 is 1.58 bits per heavy atom. The van der Waals surface area contributed by atoms with Gasteiger partial charge in [-0.3, -0.25) is 4.79 Å². The van der Waals surface area contributed by atoms with Crippen LogP contribution in [0, 0.1) is 5.92 Å². The number of amides is 3. The van der Waals surface area contributed by atoms with E-state index in [1.807, 2.05) is 54.6 Å². The maximum Gasteiger partial charge on any atom is 0.319 e. The molecule has 0 bridgehead atoms. The summed E-state index contributed by atoms with van der Waals surface area (Å²) in [5.41, 5.74) is 3.97. The zero-order chi connectivity index (χ0) is 21.8. The molecule has 156 valence electrons. The first-order chi connectivity index (χ1) is 15.0. The van der Waals surface area contributed by atoms with Gasteiger partial charge < -0.3 is 20.7 Å². The molecule has 0 spiro atoms. The topological polar surface area (TPSA) is 79.5 Å². The Hall–Kier alpha value is -4.06. The van der Waals surface area contributed by atoms with Crippen molar-refractivity contribution < 1.29 is 14.3 Å². The minimum Gasteiger partial charge on any atom is -0.497 e. The van der Waals surface area contributed by atoms with Gasteiger partial charge in [-0.2, -0.15) is 0 Å². The molecule has 1 heterocycles. The van der Waals surface area contributed by atoms with Crippen LogP contribution in [0.25, 0.3) is 11.1 Å². The van der Waals surface area contributed by atoms with Gasteiger partial charge in [-0.25, -0.2) is 4.79 Å². The van der Waals surface area contributed by atoms with Gasteiger partial charge in [0.1, 0.15) is 11.7 Å². The fourth-order valence-corrected chi connectivity index (χ4v) is 3.68. The van der Waals surface area contributed by atoms with Crippen LogP contribution in [-0.4, -0.2) is 19.0 Å². The van der Waals surface area contributed by atoms with Crippen molar-refractivity contribution in [3.63, 3.8) is 0 Å². The normalized spacial score (nSPS) is 18.0. The van der Waals surface area contributed by atoms with E-state index >= 15 is 0 Å². The molecule has 4 rings (SSSR count). The molecule has 3 amide bonds. The first-order valence-electron chi connectivity index (χ1n) is 9.92. The number of carbonyl (C=O) groups is 2. The maximum atomic E-state index is 13.1. The number of anilines is 1. The number of nitrogens with one attached hydrogen (secondary N) is 3. The highest BCUT2D eigenvalue weighted by atomic mass is 16.5. The number of carbonyl (C=O) groups excluding carboxylic acids is 2. The van der Waals surface area contributed by atoms with E-state index in [1.165, 1.54) is 0 Å². The van der Waals surface area contributed by atoms with Gasteiger partial charge in [0.15, 0.2) is 0 Å². The molecule has 6 heteroatoms. The zero-order valence-electron chi connectivity index (χ0n) is 17.1. The molecular formula is C25H23N3O3. The lowest BCUT2D eigenvalue weighted by molar-refractivity contribution is -0.119. The molecular weight excluding hydrogens is 390 g/mol.